The minimum atomic E-state index is -0.397. The van der Waals surface area contributed by atoms with Gasteiger partial charge >= 0.3 is 0 Å². The molecular formula is C27H52N12O3. The molecule has 0 saturated heterocycles. The highest BCUT2D eigenvalue weighted by Gasteiger charge is 2.32. The first-order valence-electron chi connectivity index (χ1n) is 15.0. The zero-order valence-corrected chi connectivity index (χ0v) is 25.9. The molecule has 1 unspecified atom stereocenters. The van der Waals surface area contributed by atoms with Crippen molar-refractivity contribution in [2.75, 3.05) is 59.0 Å². The Morgan fingerprint density at radius 1 is 0.786 bits per heavy atom. The summed E-state index contributed by atoms with van der Waals surface area (Å²) in [6.45, 7) is 12.5. The number of hydrogen-bond acceptors (Lipinski definition) is 11. The van der Waals surface area contributed by atoms with E-state index in [9.17, 15) is 9.59 Å². The Kier molecular flexibility index (Phi) is 14.4. The number of nitrogens with zero attached hydrogens (tertiary/aromatic N) is 8. The van der Waals surface area contributed by atoms with E-state index in [-0.39, 0.29) is 28.8 Å². The van der Waals surface area contributed by atoms with Crippen molar-refractivity contribution in [3.8, 4) is 0 Å². The van der Waals surface area contributed by atoms with Crippen molar-refractivity contribution in [2.24, 2.45) is 22.9 Å². The van der Waals surface area contributed by atoms with Gasteiger partial charge in [-0.05, 0) is 39.0 Å². The molecule has 15 nitrogen and oxygen atoms in total. The second-order valence-corrected chi connectivity index (χ2v) is 10.7. The second kappa shape index (κ2) is 17.2. The molecule has 0 saturated carbocycles. The lowest BCUT2D eigenvalue weighted by Crippen LogP contribution is -2.39. The fourth-order valence-electron chi connectivity index (χ4n) is 4.85. The average molecular weight is 593 g/mol. The zero-order chi connectivity index (χ0) is 31.2. The number of aryl methyl sites for hydroxylation is 1. The summed E-state index contributed by atoms with van der Waals surface area (Å²) in [6.07, 6.45) is 7.15. The fraction of sp³-hybridized carbons (Fsp3) is 0.778. The molecule has 1 atom stereocenters. The summed E-state index contributed by atoms with van der Waals surface area (Å²) in [5.41, 5.74) is 22.4. The molecule has 0 bridgehead atoms. The molecule has 0 aromatic carbocycles. The predicted octanol–water partition coefficient (Wildman–Crippen LogP) is -0.230. The van der Waals surface area contributed by atoms with Gasteiger partial charge in [-0.25, -0.2) is 4.68 Å². The Bertz CT molecular complexity index is 1070. The van der Waals surface area contributed by atoms with Crippen LogP contribution in [0.15, 0.2) is 12.4 Å². The van der Waals surface area contributed by atoms with Gasteiger partial charge in [0.25, 0.3) is 11.8 Å². The van der Waals surface area contributed by atoms with Crippen molar-refractivity contribution in [3.05, 3.63) is 23.8 Å². The number of amides is 2. The van der Waals surface area contributed by atoms with Gasteiger partial charge in [-0.15, -0.1) is 10.2 Å². The van der Waals surface area contributed by atoms with Gasteiger partial charge in [0, 0.05) is 65.5 Å². The molecule has 0 spiro atoms. The van der Waals surface area contributed by atoms with Crippen LogP contribution < -0.4 is 22.9 Å². The van der Waals surface area contributed by atoms with Crippen LogP contribution in [0.4, 0.5) is 0 Å². The highest BCUT2D eigenvalue weighted by atomic mass is 16.5. The van der Waals surface area contributed by atoms with E-state index >= 15 is 0 Å². The van der Waals surface area contributed by atoms with Crippen LogP contribution >= 0.6 is 0 Å². The van der Waals surface area contributed by atoms with Gasteiger partial charge in [-0.2, -0.15) is 0 Å². The quantitative estimate of drug-likeness (QED) is 0.148. The molecule has 0 aliphatic heterocycles. The third-order valence-corrected chi connectivity index (χ3v) is 8.09. The first kappa shape index (κ1) is 35.2. The van der Waals surface area contributed by atoms with Crippen LogP contribution in [0.2, 0.25) is 0 Å². The van der Waals surface area contributed by atoms with Gasteiger partial charge in [0.15, 0.2) is 11.4 Å². The number of aromatic nitrogens is 6. The summed E-state index contributed by atoms with van der Waals surface area (Å²) in [5.74, 6) is -0.457. The summed E-state index contributed by atoms with van der Waals surface area (Å²) < 4.78 is 10.00. The van der Waals surface area contributed by atoms with E-state index in [1.807, 2.05) is 0 Å². The van der Waals surface area contributed by atoms with Crippen molar-refractivity contribution in [1.29, 1.82) is 0 Å². The summed E-state index contributed by atoms with van der Waals surface area (Å²) in [6, 6.07) is 0. The van der Waals surface area contributed by atoms with Gasteiger partial charge in [-0.3, -0.25) is 14.3 Å². The SMILES string of the molecule is CCC(CC)(CCn1cc(C(=O)N(CCN)CCN)nn1)OCCC(C)(CC)n1cc(C(=O)N(CCN)CCN)nn1. The monoisotopic (exact) mass is 592 g/mol. The van der Waals surface area contributed by atoms with E-state index in [0.717, 1.165) is 19.3 Å². The number of ether oxygens (including phenoxy) is 1. The van der Waals surface area contributed by atoms with Gasteiger partial charge in [0.05, 0.1) is 23.5 Å². The lowest BCUT2D eigenvalue weighted by molar-refractivity contribution is -0.0697. The van der Waals surface area contributed by atoms with Crippen LogP contribution in [0, 0.1) is 0 Å². The maximum Gasteiger partial charge on any atom is 0.276 e. The standard InChI is InChI=1S/C27H52N12O3/c1-5-26(4,39-21-23(33-35-39)25(41)37(17-12-30)18-13-31)9-19-42-27(6-2,7-3)8-14-38-20-22(32-34-38)24(40)36(15-10-28)16-11-29/h20-21H,5-19,28-31H2,1-4H3. The number of hydrogen-bond donors (Lipinski definition) is 4. The molecular weight excluding hydrogens is 540 g/mol. The average Bonchev–Trinajstić information content (AvgIpc) is 3.69. The smallest absolute Gasteiger partial charge is 0.276 e. The van der Waals surface area contributed by atoms with Crippen LogP contribution in [0.5, 0.6) is 0 Å². The van der Waals surface area contributed by atoms with Gasteiger partial charge < -0.3 is 37.5 Å². The maximum absolute atomic E-state index is 12.9. The van der Waals surface area contributed by atoms with E-state index in [4.69, 9.17) is 27.7 Å². The second-order valence-electron chi connectivity index (χ2n) is 10.7. The van der Waals surface area contributed by atoms with Crippen molar-refractivity contribution in [2.45, 2.75) is 77.5 Å². The maximum atomic E-state index is 12.9. The number of carbonyl (C=O) groups excluding carboxylic acids is 2. The van der Waals surface area contributed by atoms with E-state index in [1.165, 1.54) is 0 Å². The Morgan fingerprint density at radius 2 is 1.29 bits per heavy atom. The molecule has 2 aromatic rings. The highest BCUT2D eigenvalue weighted by molar-refractivity contribution is 5.92. The summed E-state index contributed by atoms with van der Waals surface area (Å²) in [5, 5.41) is 16.7. The summed E-state index contributed by atoms with van der Waals surface area (Å²) in [7, 11) is 0. The van der Waals surface area contributed by atoms with E-state index in [2.05, 4.69) is 48.3 Å². The lowest BCUT2D eigenvalue weighted by atomic mass is 9.91. The fourth-order valence-corrected chi connectivity index (χ4v) is 4.85. The zero-order valence-electron chi connectivity index (χ0n) is 25.9. The molecule has 0 radical (unpaired) electrons. The minimum Gasteiger partial charge on any atom is -0.375 e. The molecule has 0 aliphatic rings. The van der Waals surface area contributed by atoms with Gasteiger partial charge in [-0.1, -0.05) is 31.2 Å². The Morgan fingerprint density at radius 3 is 1.76 bits per heavy atom. The molecule has 42 heavy (non-hydrogen) atoms. The van der Waals surface area contributed by atoms with Gasteiger partial charge in [0.2, 0.25) is 0 Å². The van der Waals surface area contributed by atoms with Crippen molar-refractivity contribution < 1.29 is 14.3 Å². The number of carbonyl (C=O) groups is 2. The molecule has 2 heterocycles. The summed E-state index contributed by atoms with van der Waals surface area (Å²) >= 11 is 0. The Balaban J connectivity index is 2.04. The first-order valence-corrected chi connectivity index (χ1v) is 15.0. The molecule has 2 aromatic heterocycles. The normalized spacial score (nSPS) is 13.2. The van der Waals surface area contributed by atoms with Crippen LogP contribution in [-0.2, 0) is 16.8 Å². The topological polar surface area (TPSA) is 215 Å². The van der Waals surface area contributed by atoms with Crippen molar-refractivity contribution in [3.63, 3.8) is 0 Å². The molecule has 15 heteroatoms. The van der Waals surface area contributed by atoms with E-state index < -0.39 is 5.54 Å². The Labute approximate surface area is 249 Å². The van der Waals surface area contributed by atoms with Crippen LogP contribution in [0.25, 0.3) is 0 Å². The lowest BCUT2D eigenvalue weighted by Gasteiger charge is -2.35. The minimum absolute atomic E-state index is 0.228. The molecule has 0 aliphatic carbocycles. The van der Waals surface area contributed by atoms with Gasteiger partial charge in [0.1, 0.15) is 0 Å². The molecule has 238 valence electrons. The molecule has 2 amide bonds. The highest BCUT2D eigenvalue weighted by Crippen LogP contribution is 2.29. The molecule has 8 N–H and O–H groups in total. The number of rotatable bonds is 21. The largest absolute Gasteiger partial charge is 0.375 e. The Hall–Kier alpha value is -2.98. The van der Waals surface area contributed by atoms with Crippen molar-refractivity contribution >= 4 is 11.8 Å². The van der Waals surface area contributed by atoms with Crippen LogP contribution in [0.1, 0.15) is 80.8 Å². The number of nitrogens with two attached hydrogens (primary N) is 4. The van der Waals surface area contributed by atoms with Crippen LogP contribution in [0.3, 0.4) is 0 Å². The van der Waals surface area contributed by atoms with E-state index in [1.54, 1.807) is 31.6 Å². The van der Waals surface area contributed by atoms with Crippen molar-refractivity contribution in [1.82, 2.24) is 39.8 Å². The van der Waals surface area contributed by atoms with E-state index in [0.29, 0.717) is 78.4 Å². The predicted molar refractivity (Wildman–Crippen MR) is 161 cm³/mol. The van der Waals surface area contributed by atoms with Crippen LogP contribution in [-0.4, -0.2) is 116 Å². The third kappa shape index (κ3) is 9.26. The third-order valence-electron chi connectivity index (χ3n) is 8.09. The first-order chi connectivity index (χ1) is 20.2. The summed E-state index contributed by atoms with van der Waals surface area (Å²) in [4.78, 5) is 28.9. The molecule has 2 rings (SSSR count). The molecule has 0 fully saturated rings.